The van der Waals surface area contributed by atoms with E-state index in [1.807, 2.05) is 0 Å². The van der Waals surface area contributed by atoms with Crippen LogP contribution in [0.2, 0.25) is 0 Å². The largest absolute Gasteiger partial charge is 0.463 e. The van der Waals surface area contributed by atoms with Gasteiger partial charge in [-0.1, -0.05) is 13.8 Å². The molecule has 0 aliphatic carbocycles. The van der Waals surface area contributed by atoms with E-state index in [-0.39, 0.29) is 50.7 Å². The predicted octanol–water partition coefficient (Wildman–Crippen LogP) is 4.37. The van der Waals surface area contributed by atoms with Gasteiger partial charge in [0.25, 0.3) is 0 Å². The minimum atomic E-state index is -0.447. The van der Waals surface area contributed by atoms with Crippen molar-refractivity contribution in [3.8, 4) is 0 Å². The van der Waals surface area contributed by atoms with Crippen molar-refractivity contribution in [1.82, 2.24) is 0 Å². The van der Waals surface area contributed by atoms with Gasteiger partial charge >= 0.3 is 11.9 Å². The van der Waals surface area contributed by atoms with Crippen molar-refractivity contribution in [1.29, 1.82) is 0 Å². The SMILES string of the molecule is CCC(CCC(O)CCCC(=O)OC(CCCC(=O)OCCOCCOC)CCC(CC)SCCO)SCCO. The maximum Gasteiger partial charge on any atom is 0.306 e. The highest BCUT2D eigenvalue weighted by molar-refractivity contribution is 8.00. The van der Waals surface area contributed by atoms with Crippen molar-refractivity contribution in [2.45, 2.75) is 114 Å². The van der Waals surface area contributed by atoms with Gasteiger partial charge in [-0.05, 0) is 64.2 Å². The molecule has 0 aromatic rings. The molecule has 0 fully saturated rings. The number of hydrogen-bond donors (Lipinski definition) is 3. The lowest BCUT2D eigenvalue weighted by molar-refractivity contribution is -0.150. The van der Waals surface area contributed by atoms with Crippen molar-refractivity contribution < 1.29 is 43.9 Å². The van der Waals surface area contributed by atoms with Crippen LogP contribution in [0.1, 0.15) is 90.9 Å². The van der Waals surface area contributed by atoms with Gasteiger partial charge < -0.3 is 34.3 Å². The number of methoxy groups -OCH3 is 1. The molecule has 0 saturated carbocycles. The zero-order valence-electron chi connectivity index (χ0n) is 25.1. The van der Waals surface area contributed by atoms with E-state index in [4.69, 9.17) is 29.2 Å². The average molecular weight is 613 g/mol. The van der Waals surface area contributed by atoms with Crippen LogP contribution in [0.4, 0.5) is 0 Å². The second kappa shape index (κ2) is 28.6. The number of thioether (sulfide) groups is 2. The fourth-order valence-corrected chi connectivity index (χ4v) is 6.09. The summed E-state index contributed by atoms with van der Waals surface area (Å²) in [5.41, 5.74) is 0. The first kappa shape index (κ1) is 39.4. The van der Waals surface area contributed by atoms with Crippen molar-refractivity contribution >= 4 is 35.5 Å². The van der Waals surface area contributed by atoms with E-state index in [1.54, 1.807) is 30.6 Å². The van der Waals surface area contributed by atoms with Crippen LogP contribution in [0, 0.1) is 0 Å². The Hall–Kier alpha value is -0.560. The first-order valence-corrected chi connectivity index (χ1v) is 17.0. The summed E-state index contributed by atoms with van der Waals surface area (Å²) in [6.07, 6.45) is 7.18. The van der Waals surface area contributed by atoms with E-state index in [0.29, 0.717) is 80.4 Å². The number of aliphatic hydroxyl groups is 3. The Labute approximate surface area is 250 Å². The third-order valence-corrected chi connectivity index (χ3v) is 9.40. The van der Waals surface area contributed by atoms with E-state index in [9.17, 15) is 14.7 Å². The molecule has 0 radical (unpaired) electrons. The molecule has 0 saturated heterocycles. The van der Waals surface area contributed by atoms with Crippen LogP contribution < -0.4 is 0 Å². The zero-order valence-corrected chi connectivity index (χ0v) is 26.7. The van der Waals surface area contributed by atoms with E-state index in [0.717, 1.165) is 25.7 Å². The molecule has 0 rings (SSSR count). The van der Waals surface area contributed by atoms with Gasteiger partial charge in [-0.25, -0.2) is 0 Å². The number of hydrogen-bond acceptors (Lipinski definition) is 11. The summed E-state index contributed by atoms with van der Waals surface area (Å²) in [6, 6.07) is 0. The van der Waals surface area contributed by atoms with Gasteiger partial charge in [-0.15, -0.1) is 0 Å². The van der Waals surface area contributed by atoms with E-state index in [1.165, 1.54) is 0 Å². The second-order valence-corrected chi connectivity index (χ2v) is 12.6. The zero-order chi connectivity index (χ0) is 29.8. The van der Waals surface area contributed by atoms with Gasteiger partial charge in [-0.2, -0.15) is 23.5 Å². The van der Waals surface area contributed by atoms with Crippen molar-refractivity contribution in [3.05, 3.63) is 0 Å². The molecule has 0 aliphatic heterocycles. The lowest BCUT2D eigenvalue weighted by Crippen LogP contribution is -2.21. The van der Waals surface area contributed by atoms with Crippen molar-refractivity contribution in [3.63, 3.8) is 0 Å². The first-order valence-electron chi connectivity index (χ1n) is 14.9. The Kier molecular flexibility index (Phi) is 28.2. The Morgan fingerprint density at radius 3 is 1.90 bits per heavy atom. The Balaban J connectivity index is 4.53. The average Bonchev–Trinajstić information content (AvgIpc) is 2.94. The molecule has 4 unspecified atom stereocenters. The van der Waals surface area contributed by atoms with Crippen LogP contribution in [0.15, 0.2) is 0 Å². The quantitative estimate of drug-likeness (QED) is 0.0822. The van der Waals surface area contributed by atoms with E-state index < -0.39 is 6.10 Å². The Morgan fingerprint density at radius 1 is 0.725 bits per heavy atom. The Bertz CT molecular complexity index is 598. The van der Waals surface area contributed by atoms with Crippen LogP contribution >= 0.6 is 23.5 Å². The smallest absolute Gasteiger partial charge is 0.306 e. The number of aliphatic hydroxyl groups excluding tert-OH is 3. The molecule has 40 heavy (non-hydrogen) atoms. The van der Waals surface area contributed by atoms with Gasteiger partial charge in [0.2, 0.25) is 0 Å². The summed E-state index contributed by atoms with van der Waals surface area (Å²) in [6.45, 7) is 6.03. The van der Waals surface area contributed by atoms with Crippen LogP contribution in [-0.2, 0) is 28.5 Å². The van der Waals surface area contributed by atoms with E-state index >= 15 is 0 Å². The predicted molar refractivity (Wildman–Crippen MR) is 163 cm³/mol. The molecule has 4 atom stereocenters. The highest BCUT2D eigenvalue weighted by Crippen LogP contribution is 2.24. The fraction of sp³-hybridized carbons (Fsp3) is 0.931. The summed E-state index contributed by atoms with van der Waals surface area (Å²) in [5.74, 6) is 0.839. The molecule has 238 valence electrons. The minimum Gasteiger partial charge on any atom is -0.463 e. The first-order chi connectivity index (χ1) is 19.4. The van der Waals surface area contributed by atoms with Crippen LogP contribution in [0.3, 0.4) is 0 Å². The molecule has 9 nitrogen and oxygen atoms in total. The monoisotopic (exact) mass is 612 g/mol. The number of ether oxygens (including phenoxy) is 4. The fourth-order valence-electron chi connectivity index (χ4n) is 4.14. The summed E-state index contributed by atoms with van der Waals surface area (Å²) in [4.78, 5) is 24.7. The van der Waals surface area contributed by atoms with Crippen molar-refractivity contribution in [2.24, 2.45) is 0 Å². The number of carbonyl (C=O) groups excluding carboxylic acids is 2. The van der Waals surface area contributed by atoms with Gasteiger partial charge in [0.15, 0.2) is 0 Å². The molecular weight excluding hydrogens is 556 g/mol. The molecule has 11 heteroatoms. The summed E-state index contributed by atoms with van der Waals surface area (Å²) in [5, 5.41) is 29.3. The Morgan fingerprint density at radius 2 is 1.30 bits per heavy atom. The standard InChI is InChI=1S/C29H56O9S2/c1-4-26(39-22-16-30)14-12-24(32)8-6-11-29(34)38-25(13-15-27(5-2)40-23-17-31)9-7-10-28(33)37-21-20-36-19-18-35-3/h24-27,30-32H,4-23H2,1-3H3. The molecule has 0 amide bonds. The van der Waals surface area contributed by atoms with Crippen molar-refractivity contribution in [2.75, 3.05) is 58.3 Å². The van der Waals surface area contributed by atoms with Crippen LogP contribution in [0.25, 0.3) is 0 Å². The molecule has 0 aliphatic rings. The molecule has 0 aromatic carbocycles. The molecule has 0 spiro atoms. The van der Waals surface area contributed by atoms with Gasteiger partial charge in [0.05, 0.1) is 39.1 Å². The lowest BCUT2D eigenvalue weighted by atomic mass is 10.0. The summed E-state index contributed by atoms with van der Waals surface area (Å²) in [7, 11) is 1.60. The highest BCUT2D eigenvalue weighted by Gasteiger charge is 2.19. The third-order valence-electron chi connectivity index (χ3n) is 6.48. The van der Waals surface area contributed by atoms with E-state index in [2.05, 4.69) is 13.8 Å². The normalized spacial score (nSPS) is 14.4. The second-order valence-electron chi connectivity index (χ2n) is 9.78. The third kappa shape index (κ3) is 24.1. The number of carbonyl (C=O) groups is 2. The van der Waals surface area contributed by atoms with Gasteiger partial charge in [0, 0.05) is 42.0 Å². The maximum atomic E-state index is 12.6. The number of rotatable bonds is 29. The van der Waals surface area contributed by atoms with Crippen LogP contribution in [0.5, 0.6) is 0 Å². The van der Waals surface area contributed by atoms with Gasteiger partial charge in [-0.3, -0.25) is 9.59 Å². The molecule has 0 aromatic heterocycles. The number of esters is 2. The topological polar surface area (TPSA) is 132 Å². The van der Waals surface area contributed by atoms with Gasteiger partial charge in [0.1, 0.15) is 12.7 Å². The summed E-state index contributed by atoms with van der Waals surface area (Å²) >= 11 is 3.47. The maximum absolute atomic E-state index is 12.6. The molecule has 3 N–H and O–H groups in total. The highest BCUT2D eigenvalue weighted by atomic mass is 32.2. The lowest BCUT2D eigenvalue weighted by Gasteiger charge is -2.21. The molecular formula is C29H56O9S2. The molecule has 0 bridgehead atoms. The summed E-state index contributed by atoms with van der Waals surface area (Å²) < 4.78 is 21.2. The van der Waals surface area contributed by atoms with Crippen LogP contribution in [-0.4, -0.2) is 108 Å². The minimum absolute atomic E-state index is 0.144. The molecule has 0 heterocycles.